The molecule has 1 N–H and O–H groups in total. The standard InChI is InChI=1S/C14H23BN2O4/c1-12(2,3)10-9(8-17(16-10)11(18)19)15-20-13(4,5)14(6,7)21-15/h8H,1-7H3,(H,18,19). The van der Waals surface area contributed by atoms with E-state index in [1.807, 2.05) is 48.5 Å². The van der Waals surface area contributed by atoms with Crippen molar-refractivity contribution in [1.82, 2.24) is 9.78 Å². The Hall–Kier alpha value is -1.34. The second-order valence-electron chi connectivity index (χ2n) is 7.50. The van der Waals surface area contributed by atoms with Crippen LogP contribution in [0.5, 0.6) is 0 Å². The second-order valence-corrected chi connectivity index (χ2v) is 7.50. The molecular weight excluding hydrogens is 271 g/mol. The van der Waals surface area contributed by atoms with Gasteiger partial charge in [-0.15, -0.1) is 0 Å². The van der Waals surface area contributed by atoms with E-state index in [0.29, 0.717) is 11.2 Å². The summed E-state index contributed by atoms with van der Waals surface area (Å²) in [5.74, 6) is 0. The van der Waals surface area contributed by atoms with E-state index >= 15 is 0 Å². The maximum absolute atomic E-state index is 11.2. The van der Waals surface area contributed by atoms with Gasteiger partial charge in [-0.1, -0.05) is 20.8 Å². The van der Waals surface area contributed by atoms with Crippen molar-refractivity contribution < 1.29 is 19.2 Å². The summed E-state index contributed by atoms with van der Waals surface area (Å²) in [5.41, 5.74) is 0.0857. The van der Waals surface area contributed by atoms with Crippen LogP contribution in [0.2, 0.25) is 0 Å². The predicted molar refractivity (Wildman–Crippen MR) is 80.1 cm³/mol. The van der Waals surface area contributed by atoms with Crippen LogP contribution in [0.15, 0.2) is 6.20 Å². The lowest BCUT2D eigenvalue weighted by molar-refractivity contribution is 0.00578. The van der Waals surface area contributed by atoms with E-state index in [9.17, 15) is 4.79 Å². The Kier molecular flexibility index (Phi) is 3.50. The highest BCUT2D eigenvalue weighted by Crippen LogP contribution is 2.37. The van der Waals surface area contributed by atoms with Crippen molar-refractivity contribution >= 4 is 18.7 Å². The fourth-order valence-corrected chi connectivity index (χ4v) is 2.21. The van der Waals surface area contributed by atoms with E-state index in [1.54, 1.807) is 0 Å². The summed E-state index contributed by atoms with van der Waals surface area (Å²) in [6.07, 6.45) is 0.355. The van der Waals surface area contributed by atoms with Gasteiger partial charge in [0.2, 0.25) is 0 Å². The molecule has 0 aliphatic carbocycles. The summed E-state index contributed by atoms with van der Waals surface area (Å²) in [5, 5.41) is 13.3. The molecule has 0 atom stereocenters. The van der Waals surface area contributed by atoms with E-state index in [0.717, 1.165) is 4.68 Å². The van der Waals surface area contributed by atoms with Crippen LogP contribution < -0.4 is 5.46 Å². The number of hydrogen-bond acceptors (Lipinski definition) is 4. The summed E-state index contributed by atoms with van der Waals surface area (Å²) in [4.78, 5) is 11.2. The molecule has 2 rings (SSSR count). The van der Waals surface area contributed by atoms with Gasteiger partial charge in [-0.25, -0.2) is 4.79 Å². The zero-order chi connectivity index (χ0) is 16.2. The topological polar surface area (TPSA) is 73.6 Å². The molecule has 0 spiro atoms. The van der Waals surface area contributed by atoms with Crippen LogP contribution in [0.3, 0.4) is 0 Å². The fourth-order valence-electron chi connectivity index (χ4n) is 2.21. The molecule has 0 amide bonds. The van der Waals surface area contributed by atoms with Gasteiger partial charge in [0.05, 0.1) is 16.9 Å². The van der Waals surface area contributed by atoms with Crippen molar-refractivity contribution in [3.8, 4) is 0 Å². The van der Waals surface area contributed by atoms with Crippen LogP contribution in [-0.2, 0) is 14.7 Å². The van der Waals surface area contributed by atoms with Crippen LogP contribution in [0, 0.1) is 0 Å². The Morgan fingerprint density at radius 2 is 1.71 bits per heavy atom. The molecule has 1 aromatic rings. The first-order valence-corrected chi connectivity index (χ1v) is 7.04. The summed E-state index contributed by atoms with van der Waals surface area (Å²) < 4.78 is 12.9. The molecule has 0 unspecified atom stereocenters. The SMILES string of the molecule is CC(C)(C)c1nn(C(=O)O)cc1B1OC(C)(C)C(C)(C)O1. The highest BCUT2D eigenvalue weighted by atomic mass is 16.7. The maximum Gasteiger partial charge on any atom is 0.498 e. The van der Waals surface area contributed by atoms with Crippen LogP contribution >= 0.6 is 0 Å². The molecular formula is C14H23BN2O4. The van der Waals surface area contributed by atoms with Gasteiger partial charge in [0.25, 0.3) is 0 Å². The first-order valence-electron chi connectivity index (χ1n) is 7.04. The van der Waals surface area contributed by atoms with E-state index in [4.69, 9.17) is 14.4 Å². The zero-order valence-corrected chi connectivity index (χ0v) is 13.7. The van der Waals surface area contributed by atoms with Gasteiger partial charge < -0.3 is 14.4 Å². The van der Waals surface area contributed by atoms with Crippen LogP contribution in [0.25, 0.3) is 0 Å². The van der Waals surface area contributed by atoms with Gasteiger partial charge >= 0.3 is 13.2 Å². The zero-order valence-electron chi connectivity index (χ0n) is 13.7. The van der Waals surface area contributed by atoms with Crippen molar-refractivity contribution in [3.05, 3.63) is 11.9 Å². The minimum absolute atomic E-state index is 0.306. The highest BCUT2D eigenvalue weighted by Gasteiger charge is 2.53. The van der Waals surface area contributed by atoms with Gasteiger partial charge in [-0.3, -0.25) is 0 Å². The molecule has 2 heterocycles. The lowest BCUT2D eigenvalue weighted by atomic mass is 9.73. The van der Waals surface area contributed by atoms with E-state index in [2.05, 4.69) is 5.10 Å². The van der Waals surface area contributed by atoms with Gasteiger partial charge in [0.1, 0.15) is 0 Å². The molecule has 1 aliphatic heterocycles. The Labute approximate surface area is 125 Å². The number of hydrogen-bond donors (Lipinski definition) is 1. The lowest BCUT2D eigenvalue weighted by Gasteiger charge is -2.32. The number of nitrogens with zero attached hydrogens (tertiary/aromatic N) is 2. The van der Waals surface area contributed by atoms with Crippen molar-refractivity contribution in [3.63, 3.8) is 0 Å². The number of carbonyl (C=O) groups is 1. The molecule has 0 bridgehead atoms. The van der Waals surface area contributed by atoms with Gasteiger partial charge in [0.15, 0.2) is 0 Å². The normalized spacial score (nSPS) is 20.8. The summed E-state index contributed by atoms with van der Waals surface area (Å²) >= 11 is 0. The van der Waals surface area contributed by atoms with Crippen molar-refractivity contribution in [1.29, 1.82) is 0 Å². The molecule has 7 heteroatoms. The molecule has 0 saturated carbocycles. The molecule has 1 saturated heterocycles. The monoisotopic (exact) mass is 294 g/mol. The van der Waals surface area contributed by atoms with Crippen LogP contribution in [0.1, 0.15) is 54.2 Å². The largest absolute Gasteiger partial charge is 0.498 e. The molecule has 6 nitrogen and oxygen atoms in total. The minimum atomic E-state index is -1.12. The second kappa shape index (κ2) is 4.58. The van der Waals surface area contributed by atoms with E-state index in [1.165, 1.54) is 6.20 Å². The average Bonchev–Trinajstić information content (AvgIpc) is 2.78. The Morgan fingerprint density at radius 1 is 1.24 bits per heavy atom. The first kappa shape index (κ1) is 16.0. The smallest absolute Gasteiger partial charge is 0.463 e. The highest BCUT2D eigenvalue weighted by molar-refractivity contribution is 6.62. The Balaban J connectivity index is 2.48. The maximum atomic E-state index is 11.2. The Morgan fingerprint density at radius 3 is 2.10 bits per heavy atom. The van der Waals surface area contributed by atoms with Gasteiger partial charge in [-0.2, -0.15) is 9.78 Å². The van der Waals surface area contributed by atoms with Gasteiger partial charge in [-0.05, 0) is 27.7 Å². The van der Waals surface area contributed by atoms with E-state index < -0.39 is 24.4 Å². The summed E-state index contributed by atoms with van der Waals surface area (Å²) in [7, 11) is -0.614. The van der Waals surface area contributed by atoms with Crippen LogP contribution in [-0.4, -0.2) is 39.3 Å². The average molecular weight is 294 g/mol. The van der Waals surface area contributed by atoms with Gasteiger partial charge in [0, 0.05) is 17.1 Å². The number of aromatic nitrogens is 2. The molecule has 0 radical (unpaired) electrons. The first-order chi connectivity index (χ1) is 9.35. The number of carboxylic acid groups (broad SMARTS) is 1. The predicted octanol–water partition coefficient (Wildman–Crippen LogP) is 2.01. The molecule has 21 heavy (non-hydrogen) atoms. The molecule has 116 valence electrons. The quantitative estimate of drug-likeness (QED) is 0.802. The third kappa shape index (κ3) is 2.72. The van der Waals surface area contributed by atoms with Crippen molar-refractivity contribution in [2.24, 2.45) is 0 Å². The third-order valence-electron chi connectivity index (χ3n) is 4.16. The van der Waals surface area contributed by atoms with Crippen molar-refractivity contribution in [2.75, 3.05) is 0 Å². The number of rotatable bonds is 1. The van der Waals surface area contributed by atoms with Crippen LogP contribution in [0.4, 0.5) is 4.79 Å². The molecule has 1 fully saturated rings. The fraction of sp³-hybridized carbons (Fsp3) is 0.714. The lowest BCUT2D eigenvalue weighted by Crippen LogP contribution is -2.41. The summed E-state index contributed by atoms with van der Waals surface area (Å²) in [6.45, 7) is 13.8. The summed E-state index contributed by atoms with van der Waals surface area (Å²) in [6, 6.07) is 0. The molecule has 1 aromatic heterocycles. The van der Waals surface area contributed by atoms with E-state index in [-0.39, 0.29) is 5.41 Å². The molecule has 1 aliphatic rings. The minimum Gasteiger partial charge on any atom is -0.463 e. The Bertz CT molecular complexity index is 556. The molecule has 0 aromatic carbocycles. The van der Waals surface area contributed by atoms with Crippen molar-refractivity contribution in [2.45, 2.75) is 65.1 Å². The third-order valence-corrected chi connectivity index (χ3v) is 4.16.